The van der Waals surface area contributed by atoms with Gasteiger partial charge in [0.05, 0.1) is 0 Å². The molecule has 0 spiro atoms. The molecule has 1 unspecified atom stereocenters. The summed E-state index contributed by atoms with van der Waals surface area (Å²) in [4.78, 5) is 4.09. The van der Waals surface area contributed by atoms with Crippen molar-refractivity contribution >= 4 is 27.3 Å². The van der Waals surface area contributed by atoms with Crippen LogP contribution in [0.1, 0.15) is 26.7 Å². The number of sulfonamides is 1. The smallest absolute Gasteiger partial charge is 0.262 e. The number of rotatable bonds is 5. The minimum Gasteiger partial charge on any atom is -0.288 e. The zero-order valence-electron chi connectivity index (χ0n) is 11.7. The SMILES string of the molecule is CCCC(C)N(C)S(=O)(=O)c1c(Cl)nc2ccccn12. The third kappa shape index (κ3) is 2.55. The quantitative estimate of drug-likeness (QED) is 0.852. The van der Waals surface area contributed by atoms with Crippen LogP contribution in [0.2, 0.25) is 5.15 Å². The first-order valence-corrected chi connectivity index (χ1v) is 8.32. The molecule has 0 saturated heterocycles. The van der Waals surface area contributed by atoms with Crippen molar-refractivity contribution in [1.29, 1.82) is 0 Å². The minimum atomic E-state index is -3.67. The average Bonchev–Trinajstić information content (AvgIpc) is 2.74. The molecule has 0 aliphatic carbocycles. The van der Waals surface area contributed by atoms with Crippen LogP contribution in [0.5, 0.6) is 0 Å². The summed E-state index contributed by atoms with van der Waals surface area (Å²) >= 11 is 6.04. The monoisotopic (exact) mass is 315 g/mol. The van der Waals surface area contributed by atoms with Gasteiger partial charge in [-0.05, 0) is 25.5 Å². The Labute approximate surface area is 124 Å². The second-order valence-electron chi connectivity index (χ2n) is 4.80. The Morgan fingerprint density at radius 3 is 2.80 bits per heavy atom. The molecule has 5 nitrogen and oxygen atoms in total. The van der Waals surface area contributed by atoms with Crippen molar-refractivity contribution in [2.45, 2.75) is 37.8 Å². The molecule has 2 heterocycles. The van der Waals surface area contributed by atoms with E-state index in [1.54, 1.807) is 31.4 Å². The molecule has 7 heteroatoms. The Morgan fingerprint density at radius 1 is 1.45 bits per heavy atom. The summed E-state index contributed by atoms with van der Waals surface area (Å²) in [6.45, 7) is 3.91. The van der Waals surface area contributed by atoms with Crippen molar-refractivity contribution in [3.63, 3.8) is 0 Å². The lowest BCUT2D eigenvalue weighted by Gasteiger charge is -2.23. The van der Waals surface area contributed by atoms with E-state index in [1.165, 1.54) is 8.71 Å². The van der Waals surface area contributed by atoms with Crippen molar-refractivity contribution in [3.8, 4) is 0 Å². The molecule has 2 aromatic heterocycles. The molecule has 0 N–H and O–H groups in total. The molecule has 0 aliphatic heterocycles. The molecular formula is C13H18ClN3O2S. The number of hydrogen-bond acceptors (Lipinski definition) is 3. The Kier molecular flexibility index (Phi) is 4.36. The molecule has 0 bridgehead atoms. The first kappa shape index (κ1) is 15.3. The van der Waals surface area contributed by atoms with Crippen LogP contribution in [-0.2, 0) is 10.0 Å². The van der Waals surface area contributed by atoms with E-state index < -0.39 is 10.0 Å². The van der Waals surface area contributed by atoms with Gasteiger partial charge < -0.3 is 0 Å². The summed E-state index contributed by atoms with van der Waals surface area (Å²) < 4.78 is 28.3. The highest BCUT2D eigenvalue weighted by Gasteiger charge is 2.31. The van der Waals surface area contributed by atoms with Gasteiger partial charge >= 0.3 is 0 Å². The molecule has 1 atom stereocenters. The molecule has 110 valence electrons. The van der Waals surface area contributed by atoms with Crippen molar-refractivity contribution in [1.82, 2.24) is 13.7 Å². The Morgan fingerprint density at radius 2 is 2.15 bits per heavy atom. The Balaban J connectivity index is 2.54. The van der Waals surface area contributed by atoms with Gasteiger partial charge in [0.25, 0.3) is 10.0 Å². The van der Waals surface area contributed by atoms with Crippen LogP contribution in [0.4, 0.5) is 0 Å². The third-order valence-electron chi connectivity index (χ3n) is 3.40. The molecule has 0 saturated carbocycles. The lowest BCUT2D eigenvalue weighted by atomic mass is 10.2. The maximum absolute atomic E-state index is 12.7. The van der Waals surface area contributed by atoms with E-state index in [9.17, 15) is 8.42 Å². The van der Waals surface area contributed by atoms with Gasteiger partial charge in [0.1, 0.15) is 5.65 Å². The van der Waals surface area contributed by atoms with Crippen LogP contribution in [0, 0.1) is 0 Å². The zero-order valence-corrected chi connectivity index (χ0v) is 13.3. The van der Waals surface area contributed by atoms with Crippen molar-refractivity contribution in [3.05, 3.63) is 29.5 Å². The zero-order chi connectivity index (χ0) is 14.9. The molecule has 0 radical (unpaired) electrons. The molecule has 2 aromatic rings. The number of nitrogens with zero attached hydrogens (tertiary/aromatic N) is 3. The molecule has 0 fully saturated rings. The van der Waals surface area contributed by atoms with E-state index in [4.69, 9.17) is 11.6 Å². The van der Waals surface area contributed by atoms with Gasteiger partial charge in [-0.15, -0.1) is 0 Å². The highest BCUT2D eigenvalue weighted by atomic mass is 35.5. The van der Waals surface area contributed by atoms with Gasteiger partial charge in [0.15, 0.2) is 10.2 Å². The number of aromatic nitrogens is 2. The van der Waals surface area contributed by atoms with Crippen LogP contribution < -0.4 is 0 Å². The van der Waals surface area contributed by atoms with Gasteiger partial charge in [-0.3, -0.25) is 4.40 Å². The summed E-state index contributed by atoms with van der Waals surface area (Å²) in [5.74, 6) is 0. The number of imidazole rings is 1. The highest BCUT2D eigenvalue weighted by Crippen LogP contribution is 2.26. The van der Waals surface area contributed by atoms with E-state index in [2.05, 4.69) is 4.98 Å². The first-order valence-electron chi connectivity index (χ1n) is 6.50. The fraction of sp³-hybridized carbons (Fsp3) is 0.462. The fourth-order valence-electron chi connectivity index (χ4n) is 2.15. The molecule has 20 heavy (non-hydrogen) atoms. The van der Waals surface area contributed by atoms with Gasteiger partial charge in [-0.1, -0.05) is 31.0 Å². The van der Waals surface area contributed by atoms with Crippen LogP contribution >= 0.6 is 11.6 Å². The predicted octanol–water partition coefficient (Wildman–Crippen LogP) is 2.80. The van der Waals surface area contributed by atoms with Crippen molar-refractivity contribution < 1.29 is 8.42 Å². The lowest BCUT2D eigenvalue weighted by Crippen LogP contribution is -2.35. The van der Waals surface area contributed by atoms with E-state index >= 15 is 0 Å². The van der Waals surface area contributed by atoms with Crippen LogP contribution in [0.15, 0.2) is 29.4 Å². The third-order valence-corrected chi connectivity index (χ3v) is 5.77. The summed E-state index contributed by atoms with van der Waals surface area (Å²) in [7, 11) is -2.09. The second-order valence-corrected chi connectivity index (χ2v) is 7.07. The number of halogens is 1. The van der Waals surface area contributed by atoms with Crippen LogP contribution in [0.25, 0.3) is 5.65 Å². The predicted molar refractivity (Wildman–Crippen MR) is 79.5 cm³/mol. The fourth-order valence-corrected chi connectivity index (χ4v) is 4.13. The average molecular weight is 316 g/mol. The Bertz CT molecular complexity index is 711. The van der Waals surface area contributed by atoms with Gasteiger partial charge in [0.2, 0.25) is 0 Å². The number of fused-ring (bicyclic) bond motifs is 1. The van der Waals surface area contributed by atoms with E-state index in [0.717, 1.165) is 12.8 Å². The molecule has 2 rings (SSSR count). The van der Waals surface area contributed by atoms with Gasteiger partial charge in [-0.2, -0.15) is 4.31 Å². The largest absolute Gasteiger partial charge is 0.288 e. The van der Waals surface area contributed by atoms with E-state index in [1.807, 2.05) is 13.8 Å². The summed E-state index contributed by atoms with van der Waals surface area (Å²) in [6, 6.07) is 5.17. The molecular weight excluding hydrogens is 298 g/mol. The highest BCUT2D eigenvalue weighted by molar-refractivity contribution is 7.89. The summed E-state index contributed by atoms with van der Waals surface area (Å²) in [5, 5.41) is 0.0342. The van der Waals surface area contributed by atoms with Crippen molar-refractivity contribution in [2.24, 2.45) is 0 Å². The van der Waals surface area contributed by atoms with Crippen LogP contribution in [0.3, 0.4) is 0 Å². The summed E-state index contributed by atoms with van der Waals surface area (Å²) in [5.41, 5.74) is 0.521. The number of hydrogen-bond donors (Lipinski definition) is 0. The number of pyridine rings is 1. The van der Waals surface area contributed by atoms with Gasteiger partial charge in [0, 0.05) is 19.3 Å². The van der Waals surface area contributed by atoms with E-state index in [0.29, 0.717) is 5.65 Å². The minimum absolute atomic E-state index is 0.00625. The lowest BCUT2D eigenvalue weighted by molar-refractivity contribution is 0.367. The maximum Gasteiger partial charge on any atom is 0.262 e. The topological polar surface area (TPSA) is 54.7 Å². The normalized spacial score (nSPS) is 14.1. The standard InChI is InChI=1S/C13H18ClN3O2S/c1-4-7-10(2)16(3)20(18,19)13-12(14)15-11-8-5-6-9-17(11)13/h5-6,8-10H,4,7H2,1-3H3. The van der Waals surface area contributed by atoms with Crippen molar-refractivity contribution in [2.75, 3.05) is 7.05 Å². The molecule has 0 amide bonds. The maximum atomic E-state index is 12.7. The Hall–Kier alpha value is -1.11. The second kappa shape index (κ2) is 5.71. The molecule has 0 aromatic carbocycles. The van der Waals surface area contributed by atoms with E-state index in [-0.39, 0.29) is 16.2 Å². The first-order chi connectivity index (χ1) is 9.39. The summed E-state index contributed by atoms with van der Waals surface area (Å²) in [6.07, 6.45) is 3.37. The molecule has 0 aliphatic rings. The van der Waals surface area contributed by atoms with Gasteiger partial charge in [-0.25, -0.2) is 13.4 Å². The van der Waals surface area contributed by atoms with Crippen LogP contribution in [-0.4, -0.2) is 35.2 Å².